The fourth-order valence-corrected chi connectivity index (χ4v) is 3.42. The number of halogens is 1. The van der Waals surface area contributed by atoms with E-state index in [2.05, 4.69) is 26.2 Å². The van der Waals surface area contributed by atoms with Crippen LogP contribution in [-0.2, 0) is 11.8 Å². The topological polar surface area (TPSA) is 76.5 Å². The van der Waals surface area contributed by atoms with Gasteiger partial charge in [0.1, 0.15) is 11.4 Å². The van der Waals surface area contributed by atoms with Crippen molar-refractivity contribution >= 4 is 38.6 Å². The van der Waals surface area contributed by atoms with Gasteiger partial charge in [-0.1, -0.05) is 0 Å². The second-order valence-electron chi connectivity index (χ2n) is 7.53. The van der Waals surface area contributed by atoms with E-state index in [0.717, 1.165) is 16.3 Å². The van der Waals surface area contributed by atoms with Crippen LogP contribution < -0.4 is 10.9 Å². The molecule has 140 valence electrons. The zero-order valence-electron chi connectivity index (χ0n) is 15.4. The number of anilines is 1. The summed E-state index contributed by atoms with van der Waals surface area (Å²) >= 11 is 3.45. The molecule has 0 bridgehead atoms. The molecule has 1 aliphatic heterocycles. The Hall–Kier alpha value is -2.09. The van der Waals surface area contributed by atoms with Gasteiger partial charge in [0.2, 0.25) is 0 Å². The summed E-state index contributed by atoms with van der Waals surface area (Å²) in [5.41, 5.74) is -0.626. The van der Waals surface area contributed by atoms with Crippen molar-refractivity contribution in [3.8, 4) is 0 Å². The molecule has 2 aromatic rings. The highest BCUT2D eigenvalue weighted by Gasteiger charge is 2.30. The van der Waals surface area contributed by atoms with Gasteiger partial charge in [0.25, 0.3) is 5.56 Å². The van der Waals surface area contributed by atoms with E-state index >= 15 is 0 Å². The van der Waals surface area contributed by atoms with Gasteiger partial charge in [-0.05, 0) is 49.2 Å². The Balaban J connectivity index is 1.81. The molecule has 3 rings (SSSR count). The minimum Gasteiger partial charge on any atom is -0.444 e. The van der Waals surface area contributed by atoms with Gasteiger partial charge in [0, 0.05) is 48.4 Å². The molecule has 0 radical (unpaired) electrons. The van der Waals surface area contributed by atoms with Gasteiger partial charge in [-0.15, -0.1) is 0 Å². The first kappa shape index (κ1) is 18.7. The first-order valence-corrected chi connectivity index (χ1v) is 9.33. The molecule has 0 unspecified atom stereocenters. The van der Waals surface area contributed by atoms with Gasteiger partial charge in [-0.2, -0.15) is 0 Å². The molecule has 1 fully saturated rings. The van der Waals surface area contributed by atoms with Crippen molar-refractivity contribution in [1.82, 2.24) is 14.5 Å². The number of pyridine rings is 2. The summed E-state index contributed by atoms with van der Waals surface area (Å²) in [5, 5.41) is 4.69. The average molecular weight is 423 g/mol. The van der Waals surface area contributed by atoms with Crippen molar-refractivity contribution in [2.45, 2.75) is 38.8 Å². The lowest BCUT2D eigenvalue weighted by Gasteiger charge is -2.24. The summed E-state index contributed by atoms with van der Waals surface area (Å²) in [6.45, 7) is 6.68. The molecule has 0 saturated carbocycles. The fourth-order valence-electron chi connectivity index (χ4n) is 2.99. The van der Waals surface area contributed by atoms with Crippen molar-refractivity contribution in [2.75, 3.05) is 18.4 Å². The quantitative estimate of drug-likeness (QED) is 0.804. The predicted molar refractivity (Wildman–Crippen MR) is 105 cm³/mol. The SMILES string of the molecule is Cn1ccc2c(Br)cnc(N[C@H]3CCN(C(=O)OC(C)(C)C)C3)c2c1=O. The van der Waals surface area contributed by atoms with Gasteiger partial charge in [-0.3, -0.25) is 4.79 Å². The lowest BCUT2D eigenvalue weighted by molar-refractivity contribution is 0.0293. The molecule has 1 N–H and O–H groups in total. The smallest absolute Gasteiger partial charge is 0.410 e. The molecule has 0 spiro atoms. The van der Waals surface area contributed by atoms with Gasteiger partial charge in [-0.25, -0.2) is 9.78 Å². The summed E-state index contributed by atoms with van der Waals surface area (Å²) in [6.07, 6.45) is 3.88. The Kier molecular flexibility index (Phi) is 4.96. The monoisotopic (exact) mass is 422 g/mol. The number of carbonyl (C=O) groups is 1. The summed E-state index contributed by atoms with van der Waals surface area (Å²) in [7, 11) is 1.71. The van der Waals surface area contributed by atoms with E-state index in [0.29, 0.717) is 24.3 Å². The fraction of sp³-hybridized carbons (Fsp3) is 0.500. The van der Waals surface area contributed by atoms with E-state index in [1.54, 1.807) is 24.3 Å². The maximum atomic E-state index is 12.6. The summed E-state index contributed by atoms with van der Waals surface area (Å²) in [5.74, 6) is 0.542. The van der Waals surface area contributed by atoms with E-state index in [4.69, 9.17) is 4.74 Å². The number of likely N-dealkylation sites (tertiary alicyclic amines) is 1. The number of hydrogen-bond acceptors (Lipinski definition) is 5. The van der Waals surface area contributed by atoms with Crippen LogP contribution in [0.15, 0.2) is 27.7 Å². The highest BCUT2D eigenvalue weighted by molar-refractivity contribution is 9.10. The van der Waals surface area contributed by atoms with Crippen molar-refractivity contribution < 1.29 is 9.53 Å². The molecule has 0 aliphatic carbocycles. The number of amides is 1. The number of aryl methyl sites for hydroxylation is 1. The third-order valence-corrected chi connectivity index (χ3v) is 4.88. The molecule has 0 aromatic carbocycles. The molecule has 1 saturated heterocycles. The zero-order chi connectivity index (χ0) is 19.1. The van der Waals surface area contributed by atoms with Gasteiger partial charge < -0.3 is 19.5 Å². The van der Waals surface area contributed by atoms with E-state index in [9.17, 15) is 9.59 Å². The summed E-state index contributed by atoms with van der Waals surface area (Å²) in [6, 6.07) is 1.90. The van der Waals surface area contributed by atoms with Crippen molar-refractivity contribution in [3.05, 3.63) is 33.3 Å². The van der Waals surface area contributed by atoms with E-state index in [1.165, 1.54) is 4.57 Å². The molecule has 3 heterocycles. The van der Waals surface area contributed by atoms with Crippen molar-refractivity contribution in [1.29, 1.82) is 0 Å². The molecule has 1 amide bonds. The summed E-state index contributed by atoms with van der Waals surface area (Å²) in [4.78, 5) is 30.9. The van der Waals surface area contributed by atoms with Crippen LogP contribution in [0.2, 0.25) is 0 Å². The predicted octanol–water partition coefficient (Wildman–Crippen LogP) is 3.12. The third-order valence-electron chi connectivity index (χ3n) is 4.25. The Bertz CT molecular complexity index is 904. The minimum atomic E-state index is -0.516. The molecule has 2 aromatic heterocycles. The largest absolute Gasteiger partial charge is 0.444 e. The first-order valence-electron chi connectivity index (χ1n) is 8.54. The molecule has 7 nitrogen and oxygen atoms in total. The van der Waals surface area contributed by atoms with Crippen LogP contribution in [0.25, 0.3) is 10.8 Å². The van der Waals surface area contributed by atoms with Crippen LogP contribution in [0.3, 0.4) is 0 Å². The Labute approximate surface area is 160 Å². The van der Waals surface area contributed by atoms with Crippen LogP contribution >= 0.6 is 15.9 Å². The number of carbonyl (C=O) groups excluding carboxylic acids is 1. The van der Waals surface area contributed by atoms with E-state index in [1.807, 2.05) is 26.8 Å². The number of nitrogens with zero attached hydrogens (tertiary/aromatic N) is 3. The Morgan fingerprint density at radius 3 is 2.85 bits per heavy atom. The van der Waals surface area contributed by atoms with E-state index < -0.39 is 5.60 Å². The average Bonchev–Trinajstić information content (AvgIpc) is 3.00. The highest BCUT2D eigenvalue weighted by atomic mass is 79.9. The second-order valence-corrected chi connectivity index (χ2v) is 8.39. The lowest BCUT2D eigenvalue weighted by Crippen LogP contribution is -2.36. The standard InChI is InChI=1S/C18H23BrN4O3/c1-18(2,3)26-17(25)23-8-5-11(10-23)21-15-14-12(13(19)9-20-15)6-7-22(4)16(14)24/h6-7,9,11H,5,8,10H2,1-4H3,(H,20,21)/t11-/m0/s1. The molecule has 26 heavy (non-hydrogen) atoms. The second kappa shape index (κ2) is 6.90. The number of hydrogen-bond donors (Lipinski definition) is 1. The Morgan fingerprint density at radius 1 is 1.42 bits per heavy atom. The highest BCUT2D eigenvalue weighted by Crippen LogP contribution is 2.27. The maximum absolute atomic E-state index is 12.6. The molecule has 8 heteroatoms. The van der Waals surface area contributed by atoms with Crippen LogP contribution in [0.1, 0.15) is 27.2 Å². The minimum absolute atomic E-state index is 0.0179. The van der Waals surface area contributed by atoms with Crippen LogP contribution in [0.5, 0.6) is 0 Å². The zero-order valence-corrected chi connectivity index (χ0v) is 17.0. The van der Waals surface area contributed by atoms with Gasteiger partial charge in [0.15, 0.2) is 0 Å². The van der Waals surface area contributed by atoms with Gasteiger partial charge >= 0.3 is 6.09 Å². The van der Waals surface area contributed by atoms with Crippen molar-refractivity contribution in [2.24, 2.45) is 7.05 Å². The first-order chi connectivity index (χ1) is 12.2. The number of aromatic nitrogens is 2. The molecule has 1 atom stereocenters. The molecular weight excluding hydrogens is 400 g/mol. The van der Waals surface area contributed by atoms with Gasteiger partial charge in [0.05, 0.1) is 5.39 Å². The number of nitrogens with one attached hydrogen (secondary N) is 1. The van der Waals surface area contributed by atoms with Crippen molar-refractivity contribution in [3.63, 3.8) is 0 Å². The number of ether oxygens (including phenoxy) is 1. The summed E-state index contributed by atoms with van der Waals surface area (Å²) < 4.78 is 7.73. The maximum Gasteiger partial charge on any atom is 0.410 e. The van der Waals surface area contributed by atoms with Crippen LogP contribution in [-0.4, -0.2) is 45.3 Å². The van der Waals surface area contributed by atoms with E-state index in [-0.39, 0.29) is 17.7 Å². The van der Waals surface area contributed by atoms with Crippen LogP contribution in [0, 0.1) is 0 Å². The third kappa shape index (κ3) is 3.85. The molecular formula is C18H23BrN4O3. The normalized spacial score (nSPS) is 17.6. The number of fused-ring (bicyclic) bond motifs is 1. The molecule has 1 aliphatic rings. The lowest BCUT2D eigenvalue weighted by atomic mass is 10.2. The number of rotatable bonds is 2. The Morgan fingerprint density at radius 2 is 2.15 bits per heavy atom. The van der Waals surface area contributed by atoms with Crippen LogP contribution in [0.4, 0.5) is 10.6 Å².